The molecule has 0 aliphatic heterocycles. The Morgan fingerprint density at radius 3 is 2.48 bits per heavy atom. The third kappa shape index (κ3) is 7.61. The second-order valence-electron chi connectivity index (χ2n) is 7.02. The first-order valence-electron chi connectivity index (χ1n) is 8.71. The molecule has 0 heterocycles. The first-order chi connectivity index (χ1) is 12.6. The molecule has 3 N–H and O–H groups in total. The van der Waals surface area contributed by atoms with Gasteiger partial charge in [0.05, 0.1) is 11.5 Å². The second-order valence-corrected chi connectivity index (χ2v) is 7.02. The summed E-state index contributed by atoms with van der Waals surface area (Å²) in [5, 5.41) is 25.4. The number of nitrogens with zero attached hydrogens (tertiary/aromatic N) is 1. The average Bonchev–Trinajstić information content (AvgIpc) is 2.57. The lowest BCUT2D eigenvalue weighted by atomic mass is 10.0. The van der Waals surface area contributed by atoms with E-state index in [-0.39, 0.29) is 24.7 Å². The molecule has 9 heteroatoms. The van der Waals surface area contributed by atoms with Gasteiger partial charge in [0.1, 0.15) is 11.6 Å². The van der Waals surface area contributed by atoms with E-state index in [0.717, 1.165) is 0 Å². The van der Waals surface area contributed by atoms with E-state index in [1.807, 2.05) is 0 Å². The number of benzene rings is 1. The van der Waals surface area contributed by atoms with Crippen LogP contribution in [-0.4, -0.2) is 40.2 Å². The molecule has 0 saturated carbocycles. The van der Waals surface area contributed by atoms with E-state index in [1.165, 1.54) is 12.1 Å². The molecule has 2 amide bonds. The van der Waals surface area contributed by atoms with E-state index in [0.29, 0.717) is 24.0 Å². The molecule has 0 fully saturated rings. The number of nitro groups is 1. The highest BCUT2D eigenvalue weighted by atomic mass is 16.6. The Hall–Kier alpha value is -2.68. The smallest absolute Gasteiger partial charge is 0.408 e. The summed E-state index contributed by atoms with van der Waals surface area (Å²) in [5.74, 6) is -0.351. The summed E-state index contributed by atoms with van der Waals surface area (Å²) < 4.78 is 5.14. The molecule has 0 aliphatic rings. The third-order valence-electron chi connectivity index (χ3n) is 3.68. The third-order valence-corrected chi connectivity index (χ3v) is 3.68. The van der Waals surface area contributed by atoms with Crippen molar-refractivity contribution >= 4 is 17.7 Å². The van der Waals surface area contributed by atoms with Gasteiger partial charge in [-0.3, -0.25) is 14.9 Å². The first-order valence-corrected chi connectivity index (χ1v) is 8.71. The van der Waals surface area contributed by atoms with Crippen molar-refractivity contribution in [2.24, 2.45) is 0 Å². The molecule has 0 bridgehead atoms. The fraction of sp³-hybridized carbons (Fsp3) is 0.556. The van der Waals surface area contributed by atoms with Crippen LogP contribution in [0.4, 0.5) is 10.5 Å². The van der Waals surface area contributed by atoms with Crippen molar-refractivity contribution in [3.05, 3.63) is 39.4 Å². The number of carbonyl (C=O) groups excluding carboxylic acids is 2. The Kier molecular flexibility index (Phi) is 8.17. The minimum Gasteiger partial charge on any atom is -0.444 e. The summed E-state index contributed by atoms with van der Waals surface area (Å²) in [4.78, 5) is 34.3. The Labute approximate surface area is 158 Å². The molecule has 9 nitrogen and oxygen atoms in total. The van der Waals surface area contributed by atoms with E-state index < -0.39 is 22.7 Å². The number of rotatable bonds is 8. The minimum absolute atomic E-state index is 0.0977. The van der Waals surface area contributed by atoms with Crippen molar-refractivity contribution in [2.45, 2.75) is 58.8 Å². The molecule has 27 heavy (non-hydrogen) atoms. The van der Waals surface area contributed by atoms with Crippen LogP contribution in [0.2, 0.25) is 0 Å². The van der Waals surface area contributed by atoms with Crippen LogP contribution in [0.1, 0.15) is 45.2 Å². The lowest BCUT2D eigenvalue weighted by Crippen LogP contribution is -2.48. The monoisotopic (exact) mass is 381 g/mol. The number of ether oxygens (including phenoxy) is 1. The van der Waals surface area contributed by atoms with Gasteiger partial charge in [0.25, 0.3) is 5.69 Å². The van der Waals surface area contributed by atoms with Gasteiger partial charge in [-0.1, -0.05) is 13.0 Å². The maximum absolute atomic E-state index is 12.2. The number of amides is 2. The number of nitro benzene ring substituents is 1. The summed E-state index contributed by atoms with van der Waals surface area (Å²) in [7, 11) is 0. The predicted molar refractivity (Wildman–Crippen MR) is 99.2 cm³/mol. The van der Waals surface area contributed by atoms with Crippen LogP contribution < -0.4 is 10.6 Å². The van der Waals surface area contributed by atoms with Gasteiger partial charge in [-0.2, -0.15) is 0 Å². The Bertz CT molecular complexity index is 684. The lowest BCUT2D eigenvalue weighted by molar-refractivity contribution is -0.385. The van der Waals surface area contributed by atoms with Crippen LogP contribution in [0.3, 0.4) is 0 Å². The number of aliphatic hydroxyl groups is 1. The standard InChI is InChI=1S/C18H27N3O6/c1-5-15(20-17(24)27-18(2,3)4)16(23)19-9-8-12-6-7-14(21(25)26)10-13(12)11-22/h6-7,10,15,22H,5,8-9,11H2,1-4H3,(H,19,23)(H,20,24)/t15-/m0/s1. The molecule has 0 aromatic heterocycles. The maximum atomic E-state index is 12.2. The van der Waals surface area contributed by atoms with E-state index >= 15 is 0 Å². The van der Waals surface area contributed by atoms with Crippen molar-refractivity contribution in [3.8, 4) is 0 Å². The predicted octanol–water partition coefficient (Wildman–Crippen LogP) is 2.05. The van der Waals surface area contributed by atoms with E-state index in [1.54, 1.807) is 33.8 Å². The number of aliphatic hydroxyl groups excluding tert-OH is 1. The van der Waals surface area contributed by atoms with Gasteiger partial charge in [-0.15, -0.1) is 0 Å². The first kappa shape index (κ1) is 22.4. The van der Waals surface area contributed by atoms with Gasteiger partial charge in [0.15, 0.2) is 0 Å². The van der Waals surface area contributed by atoms with Gasteiger partial charge in [0, 0.05) is 18.7 Å². The zero-order chi connectivity index (χ0) is 20.6. The Morgan fingerprint density at radius 1 is 1.30 bits per heavy atom. The quantitative estimate of drug-likeness (QED) is 0.466. The summed E-state index contributed by atoms with van der Waals surface area (Å²) in [5.41, 5.74) is 0.392. The molecule has 1 aromatic carbocycles. The van der Waals surface area contributed by atoms with Crippen molar-refractivity contribution in [2.75, 3.05) is 6.54 Å². The number of hydrogen-bond donors (Lipinski definition) is 3. The normalized spacial score (nSPS) is 12.2. The fourth-order valence-corrected chi connectivity index (χ4v) is 2.36. The molecular formula is C18H27N3O6. The topological polar surface area (TPSA) is 131 Å². The molecule has 0 spiro atoms. The molecular weight excluding hydrogens is 354 g/mol. The number of non-ortho nitro benzene ring substituents is 1. The van der Waals surface area contributed by atoms with Crippen LogP contribution in [0.15, 0.2) is 18.2 Å². The Morgan fingerprint density at radius 2 is 1.96 bits per heavy atom. The van der Waals surface area contributed by atoms with Crippen LogP contribution in [0, 0.1) is 10.1 Å². The highest BCUT2D eigenvalue weighted by Gasteiger charge is 2.22. The van der Waals surface area contributed by atoms with Crippen LogP contribution in [0.25, 0.3) is 0 Å². The number of carbonyl (C=O) groups is 2. The van der Waals surface area contributed by atoms with Crippen molar-refractivity contribution in [1.29, 1.82) is 0 Å². The molecule has 0 saturated heterocycles. The van der Waals surface area contributed by atoms with E-state index in [2.05, 4.69) is 10.6 Å². The maximum Gasteiger partial charge on any atom is 0.408 e. The molecule has 0 aliphatic carbocycles. The number of nitrogens with one attached hydrogen (secondary N) is 2. The van der Waals surface area contributed by atoms with Gasteiger partial charge in [-0.05, 0) is 44.7 Å². The fourth-order valence-electron chi connectivity index (χ4n) is 2.36. The highest BCUT2D eigenvalue weighted by molar-refractivity contribution is 5.85. The van der Waals surface area contributed by atoms with Crippen LogP contribution >= 0.6 is 0 Å². The van der Waals surface area contributed by atoms with Gasteiger partial charge < -0.3 is 20.5 Å². The summed E-state index contributed by atoms with van der Waals surface area (Å²) in [6.07, 6.45) is 0.120. The van der Waals surface area contributed by atoms with Crippen molar-refractivity contribution in [1.82, 2.24) is 10.6 Å². The van der Waals surface area contributed by atoms with Gasteiger partial charge >= 0.3 is 6.09 Å². The lowest BCUT2D eigenvalue weighted by Gasteiger charge is -2.22. The zero-order valence-electron chi connectivity index (χ0n) is 16.1. The molecule has 1 rings (SSSR count). The number of alkyl carbamates (subject to hydrolysis) is 1. The largest absolute Gasteiger partial charge is 0.444 e. The molecule has 0 radical (unpaired) electrons. The molecule has 150 valence electrons. The van der Waals surface area contributed by atoms with Gasteiger partial charge in [-0.25, -0.2) is 4.79 Å². The summed E-state index contributed by atoms with van der Waals surface area (Å²) >= 11 is 0. The number of hydrogen-bond acceptors (Lipinski definition) is 6. The summed E-state index contributed by atoms with van der Waals surface area (Å²) in [6, 6.07) is 3.51. The Balaban J connectivity index is 2.60. The van der Waals surface area contributed by atoms with E-state index in [4.69, 9.17) is 4.74 Å². The minimum atomic E-state index is -0.728. The van der Waals surface area contributed by atoms with E-state index in [9.17, 15) is 24.8 Å². The molecule has 0 unspecified atom stereocenters. The van der Waals surface area contributed by atoms with Crippen LogP contribution in [0.5, 0.6) is 0 Å². The average molecular weight is 381 g/mol. The van der Waals surface area contributed by atoms with Crippen molar-refractivity contribution < 1.29 is 24.4 Å². The van der Waals surface area contributed by atoms with Gasteiger partial charge in [0.2, 0.25) is 5.91 Å². The highest BCUT2D eigenvalue weighted by Crippen LogP contribution is 2.18. The summed E-state index contributed by atoms with van der Waals surface area (Å²) in [6.45, 7) is 6.89. The molecule has 1 atom stereocenters. The van der Waals surface area contributed by atoms with Crippen molar-refractivity contribution in [3.63, 3.8) is 0 Å². The SMILES string of the molecule is CC[C@H](NC(=O)OC(C)(C)C)C(=O)NCCc1ccc([N+](=O)[O-])cc1CO. The second kappa shape index (κ2) is 9.86. The molecule has 1 aromatic rings. The van der Waals surface area contributed by atoms with Crippen LogP contribution in [-0.2, 0) is 22.6 Å². The zero-order valence-corrected chi connectivity index (χ0v) is 16.1.